The fourth-order valence-electron chi connectivity index (χ4n) is 19.2. The van der Waals surface area contributed by atoms with Crippen molar-refractivity contribution in [2.45, 2.75) is 6.42 Å². The van der Waals surface area contributed by atoms with Crippen LogP contribution >= 0.6 is 11.3 Å². The number of hydrogen-bond acceptors (Lipinski definition) is 10. The van der Waals surface area contributed by atoms with Gasteiger partial charge in [-0.3, -0.25) is 31.6 Å². The zero-order chi connectivity index (χ0) is 80.5. The minimum absolute atomic E-state index is 0.603. The van der Waals surface area contributed by atoms with E-state index in [9.17, 15) is 0 Å². The van der Waals surface area contributed by atoms with E-state index in [2.05, 4.69) is 330 Å². The Hall–Kier alpha value is -16.6. The third-order valence-electron chi connectivity index (χ3n) is 24.6. The highest BCUT2D eigenvalue weighted by molar-refractivity contribution is 7.23. The number of fused-ring (bicyclic) bond motifs is 39. The topological polar surface area (TPSA) is 149 Å². The van der Waals surface area contributed by atoms with E-state index >= 15 is 0 Å². The Morgan fingerprint density at radius 2 is 0.553 bits per heavy atom. The van der Waals surface area contributed by atoms with Crippen LogP contribution in [0.25, 0.3) is 228 Å². The van der Waals surface area contributed by atoms with Gasteiger partial charge in [-0.25, -0.2) is 29.9 Å². The third kappa shape index (κ3) is 10.6. The summed E-state index contributed by atoms with van der Waals surface area (Å²) in [5.41, 5.74) is 39.7. The normalized spacial score (nSPS) is 12.2. The first-order chi connectivity index (χ1) is 61.0. The largest absolute Gasteiger partial charge is 0.291 e. The van der Waals surface area contributed by atoms with Crippen LogP contribution in [0.2, 0.25) is 0 Å². The minimum Gasteiger partial charge on any atom is -0.291 e. The first kappa shape index (κ1) is 68.4. The summed E-state index contributed by atoms with van der Waals surface area (Å²) in [6.45, 7) is 0. The zero-order valence-electron chi connectivity index (χ0n) is 65.6. The highest BCUT2D eigenvalue weighted by Gasteiger charge is 2.31. The van der Waals surface area contributed by atoms with Crippen LogP contribution in [-0.2, 0) is 6.42 Å². The molecule has 0 amide bonds. The summed E-state index contributed by atoms with van der Waals surface area (Å²) in [4.78, 5) is 45.6. The SMILES string of the molecule is c1ccc(-n2c3cnc(-n4cc5c(c4)-c4ccccc4-c4ccccc4-c4ccccc4-5)nc3n3c4ccccc4nc23)cc1.c1ccc2c(c1)-c1ccccc1-c1cn(-c3ncc4c(n3)-n3c(nc5ccccc53)C4)cc1-c1ccccc1-2.c1ccc2c(c1)-c1ccccc1-c1cn(-c3ncc4sc5nc6ccccc6n5c4n3)cc1-c1ccccc1-2. The van der Waals surface area contributed by atoms with Gasteiger partial charge >= 0.3 is 0 Å². The fraction of sp³-hybridized carbons (Fsp3) is 0.00943. The van der Waals surface area contributed by atoms with Gasteiger partial charge in [-0.1, -0.05) is 284 Å². The molecule has 0 N–H and O–H groups in total. The molecule has 0 saturated heterocycles. The molecule has 24 aromatic rings. The highest BCUT2D eigenvalue weighted by atomic mass is 32.1. The van der Waals surface area contributed by atoms with E-state index in [1.165, 1.54) is 122 Å². The second kappa shape index (κ2) is 27.0. The van der Waals surface area contributed by atoms with Gasteiger partial charge in [0.2, 0.25) is 23.6 Å². The van der Waals surface area contributed by atoms with Crippen LogP contribution in [-0.4, -0.2) is 76.5 Å². The number of para-hydroxylation sites is 7. The molecule has 0 saturated carbocycles. The number of aromatic nitrogens is 16. The molecule has 0 bridgehead atoms. The maximum atomic E-state index is 5.24. The monoisotopic (exact) mass is 1590 g/mol. The Balaban J connectivity index is 0.0000000993. The molecule has 11 aromatic heterocycles. The number of benzene rings is 13. The number of nitrogens with zero attached hydrogens (tertiary/aromatic N) is 16. The standard InChI is InChI=1S/C39H24N6.C34H21N5.C33H19N5S/c1-2-12-25(13-3-1)44-36-22-40-38(42-37(36)45-35-21-11-10-20-34(35)41-39(44)45)43-23-32-30-18-8-6-16-28(30)26-14-4-5-15-27(26)29-17-7-9-19-31(29)33(32)24-43;1-2-10-23-22(9-1)24-11-3-5-13-26(24)28-19-38(20-29(28)27-14-6-4-12-25(23)27)34-35-18-21-17-32-36-30-15-7-8-16-31(30)39(32)33(21)37-34;1-2-10-21-20(9-1)22-11-3-5-13-24(22)26-18-37(19-27(26)25-14-6-4-12-23(21)25)32-34-17-30-31(36-32)38-29-16-8-7-15-28(29)35-33(38)39-30/h1-24H;1-16,18-20H,17H2;1-19H. The fourth-order valence-corrected chi connectivity index (χ4v) is 20.2. The molecule has 3 aliphatic carbocycles. The molecule has 0 radical (unpaired) electrons. The van der Waals surface area contributed by atoms with Gasteiger partial charge in [-0.05, 0) is 149 Å². The van der Waals surface area contributed by atoms with Crippen molar-refractivity contribution in [3.63, 3.8) is 0 Å². The molecule has 0 spiro atoms. The number of hydrogen-bond donors (Lipinski definition) is 0. The van der Waals surface area contributed by atoms with Crippen LogP contribution in [0.3, 0.4) is 0 Å². The Morgan fingerprint density at radius 3 is 0.967 bits per heavy atom. The van der Waals surface area contributed by atoms with Crippen LogP contribution in [0.4, 0.5) is 0 Å². The lowest BCUT2D eigenvalue weighted by Gasteiger charge is -2.20. The lowest BCUT2D eigenvalue weighted by atomic mass is 9.82. The molecule has 17 heteroatoms. The molecular formula is C106H64N16S. The molecular weight excluding hydrogens is 1530 g/mol. The van der Waals surface area contributed by atoms with Crippen LogP contribution < -0.4 is 0 Å². The molecule has 12 heterocycles. The highest BCUT2D eigenvalue weighted by Crippen LogP contribution is 2.53. The smallest absolute Gasteiger partial charge is 0.235 e. The molecule has 13 aromatic carbocycles. The van der Waals surface area contributed by atoms with Crippen LogP contribution in [0, 0.1) is 0 Å². The average Bonchev–Trinajstić information content (AvgIpc) is 1.56. The summed E-state index contributed by atoms with van der Waals surface area (Å²) in [5, 5.41) is 0. The van der Waals surface area contributed by atoms with Gasteiger partial charge in [0.15, 0.2) is 16.3 Å². The number of rotatable bonds is 4. The predicted molar refractivity (Wildman–Crippen MR) is 492 cm³/mol. The van der Waals surface area contributed by atoms with Gasteiger partial charge in [-0.15, -0.1) is 0 Å². The maximum absolute atomic E-state index is 5.24. The van der Waals surface area contributed by atoms with Crippen LogP contribution in [0.5, 0.6) is 0 Å². The zero-order valence-corrected chi connectivity index (χ0v) is 66.4. The molecule has 1 aliphatic heterocycles. The van der Waals surface area contributed by atoms with E-state index in [4.69, 9.17) is 44.9 Å². The van der Waals surface area contributed by atoms with E-state index in [1.807, 2.05) is 79.3 Å². The first-order valence-electron chi connectivity index (χ1n) is 41.1. The summed E-state index contributed by atoms with van der Waals surface area (Å²) in [6, 6.07) is 113. The van der Waals surface area contributed by atoms with Gasteiger partial charge in [-0.2, -0.15) is 15.0 Å². The van der Waals surface area contributed by atoms with Gasteiger partial charge in [0.25, 0.3) is 0 Å². The van der Waals surface area contributed by atoms with Gasteiger partial charge < -0.3 is 0 Å². The lowest BCUT2D eigenvalue weighted by Crippen LogP contribution is -2.03. The van der Waals surface area contributed by atoms with Crippen molar-refractivity contribution in [3.8, 4) is 163 Å². The Kier molecular flexibility index (Phi) is 15.0. The molecule has 0 fully saturated rings. The van der Waals surface area contributed by atoms with E-state index in [1.54, 1.807) is 11.3 Å². The summed E-state index contributed by atoms with van der Waals surface area (Å²) in [6.07, 6.45) is 19.6. The Bertz CT molecular complexity index is 8280. The summed E-state index contributed by atoms with van der Waals surface area (Å²) in [7, 11) is 0. The summed E-state index contributed by atoms with van der Waals surface area (Å²) in [5.74, 6) is 4.63. The summed E-state index contributed by atoms with van der Waals surface area (Å²) < 4.78 is 15.8. The third-order valence-corrected chi connectivity index (χ3v) is 25.6. The lowest BCUT2D eigenvalue weighted by molar-refractivity contribution is 0.906. The second-order valence-electron chi connectivity index (χ2n) is 31.4. The minimum atomic E-state index is 0.603. The Labute approximate surface area is 706 Å². The van der Waals surface area contributed by atoms with Crippen molar-refractivity contribution >= 4 is 76.7 Å². The maximum Gasteiger partial charge on any atom is 0.235 e. The number of imidazole rings is 4. The van der Waals surface area contributed by atoms with Crippen molar-refractivity contribution in [3.05, 3.63) is 389 Å². The quantitative estimate of drug-likeness (QED) is 0.168. The molecule has 0 unspecified atom stereocenters. The molecule has 123 heavy (non-hydrogen) atoms. The van der Waals surface area contributed by atoms with Crippen molar-refractivity contribution in [2.24, 2.45) is 0 Å². The molecule has 16 nitrogen and oxygen atoms in total. The van der Waals surface area contributed by atoms with E-state index in [0.29, 0.717) is 17.8 Å². The second-order valence-corrected chi connectivity index (χ2v) is 32.4. The van der Waals surface area contributed by atoms with E-state index < -0.39 is 0 Å². The van der Waals surface area contributed by atoms with Crippen molar-refractivity contribution in [1.82, 2.24) is 76.5 Å². The van der Waals surface area contributed by atoms with Gasteiger partial charge in [0, 0.05) is 94.4 Å². The first-order valence-corrected chi connectivity index (χ1v) is 41.9. The van der Waals surface area contributed by atoms with Crippen molar-refractivity contribution in [1.29, 1.82) is 0 Å². The van der Waals surface area contributed by atoms with Gasteiger partial charge in [0.1, 0.15) is 17.2 Å². The molecule has 0 atom stereocenters. The predicted octanol–water partition coefficient (Wildman–Crippen LogP) is 24.7. The molecule has 28 rings (SSSR count). The van der Waals surface area contributed by atoms with Crippen molar-refractivity contribution in [2.75, 3.05) is 0 Å². The molecule has 574 valence electrons. The van der Waals surface area contributed by atoms with Crippen LogP contribution in [0.15, 0.2) is 377 Å². The number of thiazole rings is 1. The van der Waals surface area contributed by atoms with E-state index in [-0.39, 0.29) is 0 Å². The van der Waals surface area contributed by atoms with Crippen LogP contribution in [0.1, 0.15) is 11.4 Å². The Morgan fingerprint density at radius 1 is 0.236 bits per heavy atom. The average molecular weight is 1590 g/mol. The summed E-state index contributed by atoms with van der Waals surface area (Å²) >= 11 is 1.62. The van der Waals surface area contributed by atoms with Crippen molar-refractivity contribution < 1.29 is 0 Å². The van der Waals surface area contributed by atoms with Gasteiger partial charge in [0.05, 0.1) is 50.2 Å². The molecule has 4 aliphatic rings. The van der Waals surface area contributed by atoms with E-state index in [0.717, 1.165) is 106 Å².